The van der Waals surface area contributed by atoms with Crippen molar-refractivity contribution in [3.63, 3.8) is 0 Å². The number of nitro groups is 1. The Hall–Kier alpha value is -3.49. The molecule has 1 aromatic heterocycles. The second-order valence-corrected chi connectivity index (χ2v) is 5.06. The topological polar surface area (TPSA) is 112 Å². The van der Waals surface area contributed by atoms with Gasteiger partial charge in [-0.15, -0.1) is 0 Å². The number of anilines is 1. The van der Waals surface area contributed by atoms with Crippen LogP contribution in [0.15, 0.2) is 48.7 Å². The molecule has 0 saturated heterocycles. The molecule has 0 aliphatic heterocycles. The lowest BCUT2D eigenvalue weighted by Crippen LogP contribution is -2.37. The number of rotatable bonds is 7. The highest BCUT2D eigenvalue weighted by atomic mass is 16.6. The van der Waals surface area contributed by atoms with Crippen LogP contribution in [0.25, 0.3) is 0 Å². The Labute approximate surface area is 149 Å². The molecule has 0 N–H and O–H groups in total. The molecular formula is C17H17N3O6. The molecule has 0 atom stereocenters. The van der Waals surface area contributed by atoms with Crippen molar-refractivity contribution in [1.29, 1.82) is 0 Å². The molecule has 2 rings (SSSR count). The minimum Gasteiger partial charge on any atom is -0.465 e. The second kappa shape index (κ2) is 9.11. The van der Waals surface area contributed by atoms with E-state index < -0.39 is 23.5 Å². The van der Waals surface area contributed by atoms with Crippen molar-refractivity contribution in [3.8, 4) is 0 Å². The van der Waals surface area contributed by atoms with E-state index in [1.165, 1.54) is 12.1 Å². The van der Waals surface area contributed by atoms with E-state index in [1.807, 2.05) is 6.07 Å². The molecule has 9 nitrogen and oxygen atoms in total. The molecule has 0 unspecified atom stereocenters. The fourth-order valence-electron chi connectivity index (χ4n) is 2.02. The zero-order valence-corrected chi connectivity index (χ0v) is 14.0. The first-order chi connectivity index (χ1) is 12.5. The van der Waals surface area contributed by atoms with Gasteiger partial charge in [-0.3, -0.25) is 19.8 Å². The number of carbonyl (C=O) groups is 2. The molecule has 26 heavy (non-hydrogen) atoms. The second-order valence-electron chi connectivity index (χ2n) is 5.06. The Morgan fingerprint density at radius 3 is 2.46 bits per heavy atom. The minimum absolute atomic E-state index is 0.00593. The zero-order chi connectivity index (χ0) is 18.9. The lowest BCUT2D eigenvalue weighted by Gasteiger charge is -2.20. The first-order valence-corrected chi connectivity index (χ1v) is 7.75. The molecule has 0 aliphatic rings. The maximum atomic E-state index is 12.4. The summed E-state index contributed by atoms with van der Waals surface area (Å²) in [5, 5.41) is 10.7. The Morgan fingerprint density at radius 1 is 1.15 bits per heavy atom. The zero-order valence-electron chi connectivity index (χ0n) is 14.0. The lowest BCUT2D eigenvalue weighted by molar-refractivity contribution is -0.385. The summed E-state index contributed by atoms with van der Waals surface area (Å²) in [5.74, 6) is -0.606. The number of aromatic nitrogens is 1. The quantitative estimate of drug-likeness (QED) is 0.424. The number of benzene rings is 1. The van der Waals surface area contributed by atoms with Crippen molar-refractivity contribution < 1.29 is 24.0 Å². The largest absolute Gasteiger partial charge is 0.465 e. The summed E-state index contributed by atoms with van der Waals surface area (Å²) in [4.78, 5) is 39.1. The molecule has 0 aliphatic carbocycles. The van der Waals surface area contributed by atoms with Crippen LogP contribution >= 0.6 is 0 Å². The Balaban J connectivity index is 2.15. The van der Waals surface area contributed by atoms with Gasteiger partial charge in [0.15, 0.2) is 0 Å². The monoisotopic (exact) mass is 359 g/mol. The predicted molar refractivity (Wildman–Crippen MR) is 91.5 cm³/mol. The van der Waals surface area contributed by atoms with Crippen molar-refractivity contribution in [2.75, 3.05) is 18.1 Å². The molecule has 0 fully saturated rings. The van der Waals surface area contributed by atoms with Crippen LogP contribution in [-0.4, -0.2) is 35.1 Å². The summed E-state index contributed by atoms with van der Waals surface area (Å²) in [6.07, 6.45) is 0.182. The number of ether oxygens (including phenoxy) is 2. The SMILES string of the molecule is CCOC(=O)CN(C(=O)OCc1ccccc1)c1ccc([N+](=O)[O-])cn1. The smallest absolute Gasteiger partial charge is 0.416 e. The highest BCUT2D eigenvalue weighted by Crippen LogP contribution is 2.17. The van der Waals surface area contributed by atoms with Gasteiger partial charge in [0.25, 0.3) is 5.69 Å². The van der Waals surface area contributed by atoms with Gasteiger partial charge in [-0.2, -0.15) is 0 Å². The van der Waals surface area contributed by atoms with Gasteiger partial charge in [-0.1, -0.05) is 30.3 Å². The van der Waals surface area contributed by atoms with Gasteiger partial charge in [0, 0.05) is 6.07 Å². The Morgan fingerprint density at radius 2 is 1.88 bits per heavy atom. The summed E-state index contributed by atoms with van der Waals surface area (Å²) >= 11 is 0. The number of esters is 1. The van der Waals surface area contributed by atoms with E-state index in [2.05, 4.69) is 4.98 Å². The van der Waals surface area contributed by atoms with E-state index in [9.17, 15) is 19.7 Å². The van der Waals surface area contributed by atoms with Gasteiger partial charge in [-0.05, 0) is 18.6 Å². The third-order valence-electron chi connectivity index (χ3n) is 3.24. The fraction of sp³-hybridized carbons (Fsp3) is 0.235. The van der Waals surface area contributed by atoms with Gasteiger partial charge in [0.05, 0.1) is 11.5 Å². The first-order valence-electron chi connectivity index (χ1n) is 7.75. The van der Waals surface area contributed by atoms with E-state index in [0.29, 0.717) is 0 Å². The highest BCUT2D eigenvalue weighted by Gasteiger charge is 2.23. The molecule has 0 spiro atoms. The van der Waals surface area contributed by atoms with Gasteiger partial charge in [0.2, 0.25) is 0 Å². The summed E-state index contributed by atoms with van der Waals surface area (Å²) in [7, 11) is 0. The number of hydrogen-bond acceptors (Lipinski definition) is 7. The average Bonchev–Trinajstić information content (AvgIpc) is 2.65. The average molecular weight is 359 g/mol. The van der Waals surface area contributed by atoms with Gasteiger partial charge < -0.3 is 9.47 Å². The predicted octanol–water partition coefficient (Wildman–Crippen LogP) is 2.70. The van der Waals surface area contributed by atoms with Gasteiger partial charge >= 0.3 is 12.1 Å². The first kappa shape index (κ1) is 18.8. The summed E-state index contributed by atoms with van der Waals surface area (Å²) in [6, 6.07) is 11.5. The molecule has 1 heterocycles. The highest BCUT2D eigenvalue weighted by molar-refractivity contribution is 5.92. The summed E-state index contributed by atoms with van der Waals surface area (Å²) in [6.45, 7) is 1.37. The summed E-state index contributed by atoms with van der Waals surface area (Å²) < 4.78 is 10.1. The van der Waals surface area contributed by atoms with Crippen LogP contribution in [0.1, 0.15) is 12.5 Å². The van der Waals surface area contributed by atoms with Crippen molar-refractivity contribution in [2.45, 2.75) is 13.5 Å². The van der Waals surface area contributed by atoms with Gasteiger partial charge in [-0.25, -0.2) is 9.78 Å². The van der Waals surface area contributed by atoms with Crippen LogP contribution in [-0.2, 0) is 20.9 Å². The fourth-order valence-corrected chi connectivity index (χ4v) is 2.02. The van der Waals surface area contributed by atoms with Crippen molar-refractivity contribution in [2.24, 2.45) is 0 Å². The maximum absolute atomic E-state index is 12.4. The molecule has 0 bridgehead atoms. The molecule has 1 aromatic carbocycles. The molecule has 9 heteroatoms. The number of amides is 1. The van der Waals surface area contributed by atoms with Crippen molar-refractivity contribution in [1.82, 2.24) is 4.98 Å². The lowest BCUT2D eigenvalue weighted by atomic mass is 10.2. The molecule has 0 radical (unpaired) electrons. The minimum atomic E-state index is -0.816. The van der Waals surface area contributed by atoms with E-state index >= 15 is 0 Å². The summed E-state index contributed by atoms with van der Waals surface area (Å²) in [5.41, 5.74) is 0.538. The molecule has 2 aromatic rings. The van der Waals surface area contributed by atoms with E-state index in [-0.39, 0.29) is 24.7 Å². The third kappa shape index (κ3) is 5.26. The molecule has 1 amide bonds. The number of nitrogens with zero attached hydrogens (tertiary/aromatic N) is 3. The number of hydrogen-bond donors (Lipinski definition) is 0. The van der Waals surface area contributed by atoms with Crippen LogP contribution in [0.5, 0.6) is 0 Å². The molecular weight excluding hydrogens is 342 g/mol. The number of pyridine rings is 1. The van der Waals surface area contributed by atoms with Crippen LogP contribution < -0.4 is 4.90 Å². The molecule has 136 valence electrons. The standard InChI is InChI=1S/C17H17N3O6/c1-2-25-16(21)11-19(15-9-8-14(10-18-15)20(23)24)17(22)26-12-13-6-4-3-5-7-13/h3-10H,2,11-12H2,1H3. The van der Waals surface area contributed by atoms with E-state index in [0.717, 1.165) is 16.7 Å². The van der Waals surface area contributed by atoms with Crippen LogP contribution in [0.4, 0.5) is 16.3 Å². The van der Waals surface area contributed by atoms with E-state index in [4.69, 9.17) is 9.47 Å². The maximum Gasteiger partial charge on any atom is 0.416 e. The van der Waals surface area contributed by atoms with E-state index in [1.54, 1.807) is 31.2 Å². The van der Waals surface area contributed by atoms with Crippen LogP contribution in [0, 0.1) is 10.1 Å². The molecule has 0 saturated carbocycles. The van der Waals surface area contributed by atoms with Gasteiger partial charge in [0.1, 0.15) is 25.2 Å². The normalized spacial score (nSPS) is 10.0. The van der Waals surface area contributed by atoms with Crippen molar-refractivity contribution >= 4 is 23.6 Å². The third-order valence-corrected chi connectivity index (χ3v) is 3.24. The van der Waals surface area contributed by atoms with Crippen LogP contribution in [0.3, 0.4) is 0 Å². The Bertz CT molecular complexity index is 764. The van der Waals surface area contributed by atoms with Crippen LogP contribution in [0.2, 0.25) is 0 Å². The Kier molecular flexibility index (Phi) is 6.60. The van der Waals surface area contributed by atoms with Crippen molar-refractivity contribution in [3.05, 3.63) is 64.3 Å². The number of carbonyl (C=O) groups excluding carboxylic acids is 2.